The molecule has 0 radical (unpaired) electrons. The first-order valence-electron chi connectivity index (χ1n) is 5.61. The largest absolute Gasteiger partial charge is 0.372 e. The number of ether oxygens (including phenoxy) is 1. The highest BCUT2D eigenvalue weighted by Gasteiger charge is 2.14. The Morgan fingerprint density at radius 3 is 3.19 bits per heavy atom. The van der Waals surface area contributed by atoms with Crippen LogP contribution in [0.2, 0.25) is 0 Å². The summed E-state index contributed by atoms with van der Waals surface area (Å²) in [7, 11) is 0. The van der Waals surface area contributed by atoms with Gasteiger partial charge in [0, 0.05) is 12.2 Å². The summed E-state index contributed by atoms with van der Waals surface area (Å²) in [5.41, 5.74) is 0.474. The summed E-state index contributed by atoms with van der Waals surface area (Å²) in [4.78, 5) is 15.6. The van der Waals surface area contributed by atoms with E-state index in [-0.39, 0.29) is 12.4 Å². The van der Waals surface area contributed by atoms with Gasteiger partial charge >= 0.3 is 0 Å². The molecule has 86 valence electrons. The molecule has 16 heavy (non-hydrogen) atoms. The van der Waals surface area contributed by atoms with Gasteiger partial charge in [0.05, 0.1) is 6.61 Å². The van der Waals surface area contributed by atoms with Gasteiger partial charge in [-0.2, -0.15) is 0 Å². The zero-order valence-electron chi connectivity index (χ0n) is 9.19. The number of carbonyl (C=O) groups excluding carboxylic acids is 1. The second kappa shape index (κ2) is 5.72. The summed E-state index contributed by atoms with van der Waals surface area (Å²) in [6.45, 7) is 1.79. The van der Waals surface area contributed by atoms with E-state index >= 15 is 0 Å². The second-order valence-corrected chi connectivity index (χ2v) is 3.95. The SMILES string of the molecule is O=C(COCC1CCCN1)c1ccccn1. The van der Waals surface area contributed by atoms with E-state index in [4.69, 9.17) is 4.74 Å². The molecule has 1 fully saturated rings. The van der Waals surface area contributed by atoms with Gasteiger partial charge in [-0.1, -0.05) is 6.07 Å². The summed E-state index contributed by atoms with van der Waals surface area (Å²) in [6, 6.07) is 5.72. The van der Waals surface area contributed by atoms with E-state index in [1.807, 2.05) is 0 Å². The number of hydrogen-bond acceptors (Lipinski definition) is 4. The number of rotatable bonds is 5. The van der Waals surface area contributed by atoms with Crippen LogP contribution in [0.4, 0.5) is 0 Å². The molecule has 0 spiro atoms. The number of carbonyl (C=O) groups is 1. The fourth-order valence-corrected chi connectivity index (χ4v) is 1.79. The van der Waals surface area contributed by atoms with Crippen molar-refractivity contribution in [3.63, 3.8) is 0 Å². The van der Waals surface area contributed by atoms with Crippen LogP contribution in [-0.4, -0.2) is 36.6 Å². The third-order valence-corrected chi connectivity index (χ3v) is 2.67. The smallest absolute Gasteiger partial charge is 0.206 e. The zero-order valence-corrected chi connectivity index (χ0v) is 9.19. The normalized spacial score (nSPS) is 19.9. The summed E-state index contributed by atoms with van der Waals surface area (Å²) >= 11 is 0. The maximum absolute atomic E-state index is 11.6. The number of pyridine rings is 1. The Balaban J connectivity index is 1.71. The topological polar surface area (TPSA) is 51.2 Å². The number of ketones is 1. The average Bonchev–Trinajstić information content (AvgIpc) is 2.83. The van der Waals surface area contributed by atoms with Crippen LogP contribution in [0.5, 0.6) is 0 Å². The van der Waals surface area contributed by atoms with E-state index in [9.17, 15) is 4.79 Å². The Kier molecular flexibility index (Phi) is 4.02. The molecule has 1 atom stereocenters. The monoisotopic (exact) mass is 220 g/mol. The van der Waals surface area contributed by atoms with E-state index in [1.54, 1.807) is 24.4 Å². The molecule has 1 aliphatic heterocycles. The first-order valence-corrected chi connectivity index (χ1v) is 5.61. The van der Waals surface area contributed by atoms with Crippen LogP contribution in [-0.2, 0) is 4.74 Å². The lowest BCUT2D eigenvalue weighted by atomic mass is 10.2. The highest BCUT2D eigenvalue weighted by Crippen LogP contribution is 2.05. The molecular formula is C12H16N2O2. The molecule has 4 nitrogen and oxygen atoms in total. The van der Waals surface area contributed by atoms with Crippen molar-refractivity contribution in [1.29, 1.82) is 0 Å². The Morgan fingerprint density at radius 1 is 1.56 bits per heavy atom. The molecule has 1 N–H and O–H groups in total. The molecule has 0 aliphatic carbocycles. The first kappa shape index (κ1) is 11.2. The third-order valence-electron chi connectivity index (χ3n) is 2.67. The molecule has 1 saturated heterocycles. The second-order valence-electron chi connectivity index (χ2n) is 3.95. The lowest BCUT2D eigenvalue weighted by Gasteiger charge is -2.09. The van der Waals surface area contributed by atoms with Crippen molar-refractivity contribution < 1.29 is 9.53 Å². The quantitative estimate of drug-likeness (QED) is 0.753. The van der Waals surface area contributed by atoms with E-state index < -0.39 is 0 Å². The minimum absolute atomic E-state index is 0.0569. The predicted octanol–water partition coefficient (Wildman–Crippen LogP) is 1.03. The van der Waals surface area contributed by atoms with E-state index in [2.05, 4.69) is 10.3 Å². The summed E-state index contributed by atoms with van der Waals surface area (Å²) in [5, 5.41) is 3.32. The van der Waals surface area contributed by atoms with E-state index in [1.165, 1.54) is 6.42 Å². The molecule has 1 aromatic rings. The number of aromatic nitrogens is 1. The molecular weight excluding hydrogens is 204 g/mol. The first-order chi connectivity index (χ1) is 7.86. The van der Waals surface area contributed by atoms with Gasteiger partial charge in [0.1, 0.15) is 12.3 Å². The van der Waals surface area contributed by atoms with Crippen LogP contribution < -0.4 is 5.32 Å². The van der Waals surface area contributed by atoms with Gasteiger partial charge in [-0.05, 0) is 31.5 Å². The Hall–Kier alpha value is -1.26. The van der Waals surface area contributed by atoms with Crippen LogP contribution in [0.1, 0.15) is 23.3 Å². The molecule has 1 aromatic heterocycles. The van der Waals surface area contributed by atoms with Crippen molar-refractivity contribution in [2.24, 2.45) is 0 Å². The molecule has 0 saturated carbocycles. The molecule has 1 aliphatic rings. The molecule has 0 amide bonds. The summed E-state index contributed by atoms with van der Waals surface area (Å²) in [6.07, 6.45) is 3.95. The van der Waals surface area contributed by atoms with Crippen molar-refractivity contribution in [2.75, 3.05) is 19.8 Å². The third kappa shape index (κ3) is 3.12. The summed E-state index contributed by atoms with van der Waals surface area (Å²) < 4.78 is 5.38. The fourth-order valence-electron chi connectivity index (χ4n) is 1.79. The van der Waals surface area contributed by atoms with Gasteiger partial charge in [0.25, 0.3) is 0 Å². The molecule has 1 unspecified atom stereocenters. The van der Waals surface area contributed by atoms with Crippen molar-refractivity contribution in [3.05, 3.63) is 30.1 Å². The number of Topliss-reactive ketones (excluding diaryl/α,β-unsaturated/α-hetero) is 1. The van der Waals surface area contributed by atoms with Gasteiger partial charge in [0.15, 0.2) is 0 Å². The van der Waals surface area contributed by atoms with Crippen molar-refractivity contribution >= 4 is 5.78 Å². The molecule has 2 rings (SSSR count). The fraction of sp³-hybridized carbons (Fsp3) is 0.500. The number of hydrogen-bond donors (Lipinski definition) is 1. The minimum atomic E-state index is -0.0569. The zero-order chi connectivity index (χ0) is 11.2. The van der Waals surface area contributed by atoms with Crippen LogP contribution in [0.25, 0.3) is 0 Å². The Morgan fingerprint density at radius 2 is 2.50 bits per heavy atom. The van der Waals surface area contributed by atoms with Gasteiger partial charge in [0.2, 0.25) is 5.78 Å². The molecule has 0 bridgehead atoms. The van der Waals surface area contributed by atoms with Crippen LogP contribution in [0.3, 0.4) is 0 Å². The maximum Gasteiger partial charge on any atom is 0.206 e. The molecule has 4 heteroatoms. The van der Waals surface area contributed by atoms with E-state index in [0.29, 0.717) is 18.3 Å². The van der Waals surface area contributed by atoms with Gasteiger partial charge in [-0.3, -0.25) is 9.78 Å². The molecule has 2 heterocycles. The lowest BCUT2D eigenvalue weighted by molar-refractivity contribution is 0.0718. The lowest BCUT2D eigenvalue weighted by Crippen LogP contribution is -2.28. The van der Waals surface area contributed by atoms with Crippen molar-refractivity contribution in [3.8, 4) is 0 Å². The van der Waals surface area contributed by atoms with Crippen LogP contribution >= 0.6 is 0 Å². The Labute approximate surface area is 95.0 Å². The highest BCUT2D eigenvalue weighted by atomic mass is 16.5. The van der Waals surface area contributed by atoms with Gasteiger partial charge in [-0.25, -0.2) is 0 Å². The number of nitrogens with zero attached hydrogens (tertiary/aromatic N) is 1. The van der Waals surface area contributed by atoms with Crippen LogP contribution in [0.15, 0.2) is 24.4 Å². The minimum Gasteiger partial charge on any atom is -0.372 e. The van der Waals surface area contributed by atoms with Crippen LogP contribution in [0, 0.1) is 0 Å². The molecule has 0 aromatic carbocycles. The van der Waals surface area contributed by atoms with E-state index in [0.717, 1.165) is 13.0 Å². The van der Waals surface area contributed by atoms with Crippen molar-refractivity contribution in [1.82, 2.24) is 10.3 Å². The maximum atomic E-state index is 11.6. The standard InChI is InChI=1S/C12H16N2O2/c15-12(11-5-1-2-6-14-11)9-16-8-10-4-3-7-13-10/h1-2,5-6,10,13H,3-4,7-9H2. The van der Waals surface area contributed by atoms with Gasteiger partial charge in [-0.15, -0.1) is 0 Å². The average molecular weight is 220 g/mol. The number of nitrogens with one attached hydrogen (secondary N) is 1. The predicted molar refractivity (Wildman–Crippen MR) is 60.4 cm³/mol. The van der Waals surface area contributed by atoms with Gasteiger partial charge < -0.3 is 10.1 Å². The highest BCUT2D eigenvalue weighted by molar-refractivity contribution is 5.95. The Bertz CT molecular complexity index is 334. The summed E-state index contributed by atoms with van der Waals surface area (Å²) in [5.74, 6) is -0.0569. The van der Waals surface area contributed by atoms with Crippen molar-refractivity contribution in [2.45, 2.75) is 18.9 Å².